The molecule has 0 aliphatic heterocycles. The van der Waals surface area contributed by atoms with E-state index < -0.39 is 0 Å². The third kappa shape index (κ3) is 4.30. The van der Waals surface area contributed by atoms with Crippen molar-refractivity contribution in [2.75, 3.05) is 6.54 Å². The lowest BCUT2D eigenvalue weighted by atomic mass is 9.78. The van der Waals surface area contributed by atoms with Crippen molar-refractivity contribution in [1.82, 2.24) is 5.32 Å². The highest BCUT2D eigenvalue weighted by Crippen LogP contribution is 2.30. The Kier molecular flexibility index (Phi) is 5.44. The molecule has 0 saturated heterocycles. The Hall–Kier alpha value is -0.570. The van der Waals surface area contributed by atoms with Crippen molar-refractivity contribution in [3.63, 3.8) is 0 Å². The maximum atomic E-state index is 12.3. The summed E-state index contributed by atoms with van der Waals surface area (Å²) < 4.78 is 0. The van der Waals surface area contributed by atoms with Crippen LogP contribution in [0.2, 0.25) is 0 Å². The standard InChI is InChI=1S/C14H28N2O/c1-4-9-14(2,3)16-13(17)12-8-6-5-7-11(12)10-15/h11-12H,4-10,15H2,1-3H3,(H,16,17). The van der Waals surface area contributed by atoms with Gasteiger partial charge in [0.25, 0.3) is 0 Å². The highest BCUT2D eigenvalue weighted by molar-refractivity contribution is 5.79. The minimum absolute atomic E-state index is 0.0809. The fourth-order valence-corrected chi connectivity index (χ4v) is 2.95. The molecule has 1 fully saturated rings. The number of amides is 1. The van der Waals surface area contributed by atoms with Gasteiger partial charge in [0.15, 0.2) is 0 Å². The van der Waals surface area contributed by atoms with E-state index in [9.17, 15) is 4.79 Å². The number of nitrogens with two attached hydrogens (primary N) is 1. The Morgan fingerprint density at radius 2 is 2.00 bits per heavy atom. The van der Waals surface area contributed by atoms with Crippen LogP contribution >= 0.6 is 0 Å². The summed E-state index contributed by atoms with van der Waals surface area (Å²) in [6, 6.07) is 0. The molecule has 0 radical (unpaired) electrons. The lowest BCUT2D eigenvalue weighted by molar-refractivity contribution is -0.129. The van der Waals surface area contributed by atoms with Crippen LogP contribution in [0.5, 0.6) is 0 Å². The van der Waals surface area contributed by atoms with Crippen LogP contribution in [0.15, 0.2) is 0 Å². The molecule has 1 aliphatic rings. The van der Waals surface area contributed by atoms with Gasteiger partial charge in [-0.05, 0) is 45.6 Å². The molecule has 1 rings (SSSR count). The Morgan fingerprint density at radius 3 is 2.59 bits per heavy atom. The van der Waals surface area contributed by atoms with Crippen LogP contribution in [0, 0.1) is 11.8 Å². The van der Waals surface area contributed by atoms with E-state index in [0.29, 0.717) is 12.5 Å². The molecule has 1 amide bonds. The van der Waals surface area contributed by atoms with E-state index in [2.05, 4.69) is 26.1 Å². The summed E-state index contributed by atoms with van der Waals surface area (Å²) in [5.74, 6) is 0.754. The predicted molar refractivity (Wildman–Crippen MR) is 71.6 cm³/mol. The first-order valence-corrected chi connectivity index (χ1v) is 7.02. The first kappa shape index (κ1) is 14.5. The van der Waals surface area contributed by atoms with Crippen molar-refractivity contribution in [1.29, 1.82) is 0 Å². The van der Waals surface area contributed by atoms with Gasteiger partial charge in [0, 0.05) is 11.5 Å². The molecule has 0 heterocycles. The largest absolute Gasteiger partial charge is 0.351 e. The maximum Gasteiger partial charge on any atom is 0.223 e. The normalized spacial score (nSPS) is 25.6. The average molecular weight is 240 g/mol. The van der Waals surface area contributed by atoms with Gasteiger partial charge in [0.05, 0.1) is 0 Å². The number of carbonyl (C=O) groups is 1. The molecule has 1 saturated carbocycles. The van der Waals surface area contributed by atoms with E-state index in [-0.39, 0.29) is 17.4 Å². The van der Waals surface area contributed by atoms with Gasteiger partial charge in [-0.2, -0.15) is 0 Å². The van der Waals surface area contributed by atoms with Gasteiger partial charge in [-0.3, -0.25) is 4.79 Å². The summed E-state index contributed by atoms with van der Waals surface area (Å²) >= 11 is 0. The van der Waals surface area contributed by atoms with Crippen LogP contribution in [0.4, 0.5) is 0 Å². The third-order valence-electron chi connectivity index (χ3n) is 3.89. The topological polar surface area (TPSA) is 55.1 Å². The zero-order valence-corrected chi connectivity index (χ0v) is 11.6. The lowest BCUT2D eigenvalue weighted by Gasteiger charge is -2.33. The van der Waals surface area contributed by atoms with Crippen molar-refractivity contribution in [3.05, 3.63) is 0 Å². The quantitative estimate of drug-likeness (QED) is 0.775. The fraction of sp³-hybridized carbons (Fsp3) is 0.929. The van der Waals surface area contributed by atoms with Gasteiger partial charge in [0.2, 0.25) is 5.91 Å². The predicted octanol–water partition coefficient (Wildman–Crippen LogP) is 2.45. The Morgan fingerprint density at radius 1 is 1.35 bits per heavy atom. The SMILES string of the molecule is CCCC(C)(C)NC(=O)C1CCCCC1CN. The summed E-state index contributed by atoms with van der Waals surface area (Å²) in [4.78, 5) is 12.3. The van der Waals surface area contributed by atoms with Gasteiger partial charge < -0.3 is 11.1 Å². The second-order valence-corrected chi connectivity index (χ2v) is 6.01. The highest BCUT2D eigenvalue weighted by Gasteiger charge is 2.32. The van der Waals surface area contributed by atoms with Crippen molar-refractivity contribution < 1.29 is 4.79 Å². The van der Waals surface area contributed by atoms with Crippen molar-refractivity contribution in [3.8, 4) is 0 Å². The molecule has 0 aromatic rings. The van der Waals surface area contributed by atoms with Crippen LogP contribution in [-0.4, -0.2) is 18.0 Å². The highest BCUT2D eigenvalue weighted by atomic mass is 16.2. The van der Waals surface area contributed by atoms with E-state index in [0.717, 1.165) is 25.7 Å². The molecule has 3 N–H and O–H groups in total. The molecular formula is C14H28N2O. The van der Waals surface area contributed by atoms with E-state index in [4.69, 9.17) is 5.73 Å². The van der Waals surface area contributed by atoms with E-state index in [1.54, 1.807) is 0 Å². The average Bonchev–Trinajstić information content (AvgIpc) is 2.28. The Balaban J connectivity index is 2.55. The molecular weight excluding hydrogens is 212 g/mol. The van der Waals surface area contributed by atoms with Crippen molar-refractivity contribution >= 4 is 5.91 Å². The maximum absolute atomic E-state index is 12.3. The van der Waals surface area contributed by atoms with Gasteiger partial charge in [-0.1, -0.05) is 26.2 Å². The molecule has 0 aromatic carbocycles. The molecule has 0 bridgehead atoms. The number of nitrogens with one attached hydrogen (secondary N) is 1. The summed E-state index contributed by atoms with van der Waals surface area (Å²) in [5.41, 5.74) is 5.69. The number of carbonyl (C=O) groups excluding carboxylic acids is 1. The fourth-order valence-electron chi connectivity index (χ4n) is 2.95. The number of hydrogen-bond donors (Lipinski definition) is 2. The van der Waals surface area contributed by atoms with Crippen LogP contribution < -0.4 is 11.1 Å². The van der Waals surface area contributed by atoms with Crippen molar-refractivity contribution in [2.45, 2.75) is 64.8 Å². The Bertz CT molecular complexity index is 251. The summed E-state index contributed by atoms with van der Waals surface area (Å²) in [7, 11) is 0. The Labute approximate surface area is 106 Å². The molecule has 0 spiro atoms. The van der Waals surface area contributed by atoms with Gasteiger partial charge in [-0.15, -0.1) is 0 Å². The van der Waals surface area contributed by atoms with E-state index in [1.165, 1.54) is 12.8 Å². The minimum atomic E-state index is -0.0809. The van der Waals surface area contributed by atoms with Crippen LogP contribution in [0.25, 0.3) is 0 Å². The first-order chi connectivity index (χ1) is 8.00. The zero-order chi connectivity index (χ0) is 12.9. The molecule has 3 heteroatoms. The van der Waals surface area contributed by atoms with Gasteiger partial charge in [0.1, 0.15) is 0 Å². The van der Waals surface area contributed by atoms with Gasteiger partial charge in [-0.25, -0.2) is 0 Å². The second kappa shape index (κ2) is 6.39. The molecule has 0 aromatic heterocycles. The molecule has 2 atom stereocenters. The molecule has 17 heavy (non-hydrogen) atoms. The summed E-state index contributed by atoms with van der Waals surface area (Å²) in [5, 5.41) is 3.20. The van der Waals surface area contributed by atoms with Crippen LogP contribution in [-0.2, 0) is 4.79 Å². The molecule has 2 unspecified atom stereocenters. The van der Waals surface area contributed by atoms with E-state index in [1.807, 2.05) is 0 Å². The first-order valence-electron chi connectivity index (χ1n) is 7.02. The van der Waals surface area contributed by atoms with Crippen LogP contribution in [0.3, 0.4) is 0 Å². The molecule has 3 nitrogen and oxygen atoms in total. The lowest BCUT2D eigenvalue weighted by Crippen LogP contribution is -2.48. The number of hydrogen-bond acceptors (Lipinski definition) is 2. The smallest absolute Gasteiger partial charge is 0.223 e. The molecule has 1 aliphatic carbocycles. The third-order valence-corrected chi connectivity index (χ3v) is 3.89. The minimum Gasteiger partial charge on any atom is -0.351 e. The zero-order valence-electron chi connectivity index (χ0n) is 11.6. The summed E-state index contributed by atoms with van der Waals surface area (Å²) in [6.45, 7) is 7.01. The summed E-state index contributed by atoms with van der Waals surface area (Å²) in [6.07, 6.45) is 6.64. The monoisotopic (exact) mass is 240 g/mol. The second-order valence-electron chi connectivity index (χ2n) is 6.01. The van der Waals surface area contributed by atoms with Crippen LogP contribution in [0.1, 0.15) is 59.3 Å². The number of rotatable bonds is 5. The van der Waals surface area contributed by atoms with Gasteiger partial charge >= 0.3 is 0 Å². The van der Waals surface area contributed by atoms with E-state index >= 15 is 0 Å². The van der Waals surface area contributed by atoms with Crippen molar-refractivity contribution in [2.24, 2.45) is 17.6 Å². The molecule has 100 valence electrons.